The van der Waals surface area contributed by atoms with Crippen LogP contribution in [-0.4, -0.2) is 37.7 Å². The first kappa shape index (κ1) is 16.8. The summed E-state index contributed by atoms with van der Waals surface area (Å²) in [5, 5.41) is 19.1. The monoisotopic (exact) mass is 341 g/mol. The molecule has 1 aromatic carbocycles. The largest absolute Gasteiger partial charge is 0.497 e. The van der Waals surface area contributed by atoms with Crippen molar-refractivity contribution in [3.8, 4) is 22.9 Å². The summed E-state index contributed by atoms with van der Waals surface area (Å²) in [6.45, 7) is 0. The van der Waals surface area contributed by atoms with Crippen molar-refractivity contribution in [2.24, 2.45) is 0 Å². The van der Waals surface area contributed by atoms with Crippen LogP contribution in [0.3, 0.4) is 0 Å². The number of imidazole rings is 1. The van der Waals surface area contributed by atoms with Gasteiger partial charge in [-0.1, -0.05) is 0 Å². The minimum absolute atomic E-state index is 0.0717. The number of benzene rings is 1. The third-order valence-electron chi connectivity index (χ3n) is 3.99. The van der Waals surface area contributed by atoms with E-state index >= 15 is 0 Å². The van der Waals surface area contributed by atoms with Crippen LogP contribution in [0.4, 0.5) is 0 Å². The Labute approximate surface area is 144 Å². The van der Waals surface area contributed by atoms with Gasteiger partial charge < -0.3 is 14.9 Å². The average Bonchev–Trinajstić information content (AvgIpc) is 2.94. The van der Waals surface area contributed by atoms with Crippen LogP contribution < -0.4 is 4.74 Å². The highest BCUT2D eigenvalue weighted by molar-refractivity contribution is 5.66. The molecule has 0 aliphatic heterocycles. The third-order valence-corrected chi connectivity index (χ3v) is 3.99. The maximum atomic E-state index is 10.5. The predicted molar refractivity (Wildman–Crippen MR) is 91.8 cm³/mol. The summed E-state index contributed by atoms with van der Waals surface area (Å²) in [6.07, 6.45) is 5.21. The van der Waals surface area contributed by atoms with Crippen LogP contribution in [0.5, 0.6) is 11.6 Å². The Hall–Kier alpha value is -3.09. The number of aryl methyl sites for hydroxylation is 1. The van der Waals surface area contributed by atoms with Gasteiger partial charge in [0.25, 0.3) is 0 Å². The molecule has 0 spiro atoms. The van der Waals surface area contributed by atoms with E-state index in [1.807, 2.05) is 24.3 Å². The van der Waals surface area contributed by atoms with E-state index in [0.29, 0.717) is 36.3 Å². The zero-order valence-electron chi connectivity index (χ0n) is 13.8. The summed E-state index contributed by atoms with van der Waals surface area (Å²) in [6, 6.07) is 7.49. The number of aromatic nitrogens is 3. The highest BCUT2D eigenvalue weighted by Crippen LogP contribution is 2.25. The quantitative estimate of drug-likeness (QED) is 0.641. The van der Waals surface area contributed by atoms with Crippen molar-refractivity contribution in [3.05, 3.63) is 42.4 Å². The number of unbranched alkanes of at least 4 members (excludes halogenated alkanes) is 1. The summed E-state index contributed by atoms with van der Waals surface area (Å²) in [5.74, 6) is 0.0222. The molecule has 2 aromatic heterocycles. The number of methoxy groups -OCH3 is 1. The van der Waals surface area contributed by atoms with Gasteiger partial charge in [0.05, 0.1) is 19.0 Å². The van der Waals surface area contributed by atoms with E-state index in [1.54, 1.807) is 23.9 Å². The lowest BCUT2D eigenvalue weighted by Gasteiger charge is -2.04. The molecule has 0 fully saturated rings. The van der Waals surface area contributed by atoms with Crippen molar-refractivity contribution < 1.29 is 19.7 Å². The number of hydrogen-bond acceptors (Lipinski definition) is 5. The second-order valence-corrected chi connectivity index (χ2v) is 5.71. The first-order chi connectivity index (χ1) is 12.1. The number of carboxylic acid groups (broad SMARTS) is 1. The highest BCUT2D eigenvalue weighted by Gasteiger charge is 2.13. The van der Waals surface area contributed by atoms with Gasteiger partial charge in [-0.25, -0.2) is 4.98 Å². The molecule has 0 saturated carbocycles. The van der Waals surface area contributed by atoms with E-state index in [4.69, 9.17) is 9.84 Å². The number of ether oxygens (including phenoxy) is 1. The molecule has 0 unspecified atom stereocenters. The zero-order valence-corrected chi connectivity index (χ0v) is 13.8. The number of hydrogen-bond donors (Lipinski definition) is 2. The molecule has 0 bridgehead atoms. The van der Waals surface area contributed by atoms with E-state index in [2.05, 4.69) is 9.97 Å². The number of carboxylic acids is 1. The molecular formula is C18H19N3O4. The number of carbonyl (C=O) groups is 1. The summed E-state index contributed by atoms with van der Waals surface area (Å²) >= 11 is 0. The fraction of sp³-hybridized carbons (Fsp3) is 0.278. The van der Waals surface area contributed by atoms with Crippen LogP contribution in [0.2, 0.25) is 0 Å². The second kappa shape index (κ2) is 7.21. The van der Waals surface area contributed by atoms with Crippen LogP contribution in [0.1, 0.15) is 25.0 Å². The molecule has 3 rings (SSSR count). The van der Waals surface area contributed by atoms with E-state index in [-0.39, 0.29) is 12.3 Å². The summed E-state index contributed by atoms with van der Waals surface area (Å²) in [4.78, 5) is 19.3. The molecule has 25 heavy (non-hydrogen) atoms. The van der Waals surface area contributed by atoms with Crippen molar-refractivity contribution in [3.63, 3.8) is 0 Å². The normalized spacial score (nSPS) is 10.9. The van der Waals surface area contributed by atoms with Crippen LogP contribution in [0, 0.1) is 0 Å². The summed E-state index contributed by atoms with van der Waals surface area (Å²) < 4.78 is 6.74. The molecular weight excluding hydrogens is 322 g/mol. The van der Waals surface area contributed by atoms with Crippen molar-refractivity contribution in [1.29, 1.82) is 0 Å². The van der Waals surface area contributed by atoms with Gasteiger partial charge in [0.15, 0.2) is 5.65 Å². The lowest BCUT2D eigenvalue weighted by Crippen LogP contribution is -1.95. The fourth-order valence-corrected chi connectivity index (χ4v) is 2.64. The lowest BCUT2D eigenvalue weighted by atomic mass is 10.1. The van der Waals surface area contributed by atoms with Gasteiger partial charge in [0, 0.05) is 18.2 Å². The predicted octanol–water partition coefficient (Wildman–Crippen LogP) is 2.91. The second-order valence-electron chi connectivity index (χ2n) is 5.71. The third kappa shape index (κ3) is 3.71. The molecule has 2 heterocycles. The van der Waals surface area contributed by atoms with Crippen LogP contribution >= 0.6 is 0 Å². The molecule has 0 saturated heterocycles. The Morgan fingerprint density at radius 1 is 1.24 bits per heavy atom. The van der Waals surface area contributed by atoms with Gasteiger partial charge >= 0.3 is 5.97 Å². The molecule has 7 nitrogen and oxygen atoms in total. The van der Waals surface area contributed by atoms with E-state index in [1.165, 1.54) is 0 Å². The van der Waals surface area contributed by atoms with Gasteiger partial charge in [-0.2, -0.15) is 0 Å². The summed E-state index contributed by atoms with van der Waals surface area (Å²) in [5.41, 5.74) is 2.72. The number of aliphatic carboxylic acids is 1. The number of fused-ring (bicyclic) bond motifs is 1. The van der Waals surface area contributed by atoms with E-state index in [9.17, 15) is 9.90 Å². The first-order valence-corrected chi connectivity index (χ1v) is 8.00. The standard InChI is InChI=1S/C18H19N3O4/c1-25-13-8-6-12(7-9-13)15-11-21-16(10-19-15)20-14(18(21)24)4-2-3-5-17(22)23/h6-11,24H,2-5H2,1H3,(H,22,23). The molecule has 0 radical (unpaired) electrons. The lowest BCUT2D eigenvalue weighted by molar-refractivity contribution is -0.137. The van der Waals surface area contributed by atoms with Crippen LogP contribution in [0.25, 0.3) is 16.9 Å². The molecule has 0 atom stereocenters. The van der Waals surface area contributed by atoms with E-state index < -0.39 is 5.97 Å². The van der Waals surface area contributed by atoms with Gasteiger partial charge in [0.2, 0.25) is 5.88 Å². The molecule has 3 aromatic rings. The number of rotatable bonds is 7. The molecule has 7 heteroatoms. The Balaban J connectivity index is 1.82. The van der Waals surface area contributed by atoms with Crippen molar-refractivity contribution in [2.75, 3.05) is 7.11 Å². The maximum Gasteiger partial charge on any atom is 0.303 e. The van der Waals surface area contributed by atoms with E-state index in [0.717, 1.165) is 11.3 Å². The Kier molecular flexibility index (Phi) is 4.83. The van der Waals surface area contributed by atoms with Crippen LogP contribution in [0.15, 0.2) is 36.7 Å². The number of nitrogens with zero attached hydrogens (tertiary/aromatic N) is 3. The minimum atomic E-state index is -0.812. The topological polar surface area (TPSA) is 97.0 Å². The van der Waals surface area contributed by atoms with Gasteiger partial charge in [-0.15, -0.1) is 0 Å². The molecule has 130 valence electrons. The van der Waals surface area contributed by atoms with Crippen molar-refractivity contribution in [2.45, 2.75) is 25.7 Å². The SMILES string of the molecule is COc1ccc(-c2cn3c(O)c(CCCCC(=O)O)nc3cn2)cc1. The van der Waals surface area contributed by atoms with Gasteiger partial charge in [0.1, 0.15) is 11.4 Å². The van der Waals surface area contributed by atoms with Gasteiger partial charge in [-0.3, -0.25) is 14.2 Å². The Bertz CT molecular complexity index is 887. The molecule has 2 N–H and O–H groups in total. The molecule has 0 aliphatic rings. The minimum Gasteiger partial charge on any atom is -0.497 e. The van der Waals surface area contributed by atoms with Gasteiger partial charge in [-0.05, 0) is 43.5 Å². The smallest absolute Gasteiger partial charge is 0.303 e. The van der Waals surface area contributed by atoms with Crippen molar-refractivity contribution in [1.82, 2.24) is 14.4 Å². The Morgan fingerprint density at radius 3 is 2.68 bits per heavy atom. The average molecular weight is 341 g/mol. The first-order valence-electron chi connectivity index (χ1n) is 8.00. The Morgan fingerprint density at radius 2 is 2.00 bits per heavy atom. The number of aromatic hydroxyl groups is 1. The van der Waals surface area contributed by atoms with Crippen LogP contribution in [-0.2, 0) is 11.2 Å². The maximum absolute atomic E-state index is 10.5. The van der Waals surface area contributed by atoms with Crippen molar-refractivity contribution >= 4 is 11.6 Å². The zero-order chi connectivity index (χ0) is 17.8. The highest BCUT2D eigenvalue weighted by atomic mass is 16.5. The fourth-order valence-electron chi connectivity index (χ4n) is 2.64. The molecule has 0 aliphatic carbocycles. The summed E-state index contributed by atoms with van der Waals surface area (Å²) in [7, 11) is 1.61. The molecule has 0 amide bonds.